The van der Waals surface area contributed by atoms with Gasteiger partial charge < -0.3 is 10.6 Å². The fraction of sp³-hybridized carbons (Fsp3) is 0.929. The number of hydrogen-bond donors (Lipinski definition) is 2. The van der Waals surface area contributed by atoms with E-state index in [9.17, 15) is 13.2 Å². The Labute approximate surface area is 136 Å². The van der Waals surface area contributed by atoms with Crippen LogP contribution < -0.4 is 10.6 Å². The molecule has 0 aliphatic rings. The Balaban J connectivity index is 4.13. The standard InChI is InChI=1S/C14H29F3N4S/c1-6-18-12(20-10-13(2,3)22-5)19-8-7-9-21(4)11-14(15,16)17/h6-11H2,1-5H3,(H2,18,19,20). The van der Waals surface area contributed by atoms with Crippen molar-refractivity contribution in [2.45, 2.75) is 38.1 Å². The highest BCUT2D eigenvalue weighted by Gasteiger charge is 2.28. The Morgan fingerprint density at radius 3 is 2.36 bits per heavy atom. The molecule has 2 N–H and O–H groups in total. The highest BCUT2D eigenvalue weighted by Crippen LogP contribution is 2.20. The van der Waals surface area contributed by atoms with Gasteiger partial charge in [-0.3, -0.25) is 9.89 Å². The Bertz CT molecular complexity index is 333. The van der Waals surface area contributed by atoms with Crippen LogP contribution in [0.5, 0.6) is 0 Å². The lowest BCUT2D eigenvalue weighted by molar-refractivity contribution is -0.143. The van der Waals surface area contributed by atoms with Gasteiger partial charge in [0.1, 0.15) is 0 Å². The largest absolute Gasteiger partial charge is 0.401 e. The third-order valence-corrected chi connectivity index (χ3v) is 4.21. The monoisotopic (exact) mass is 342 g/mol. The van der Waals surface area contributed by atoms with Gasteiger partial charge in [0.05, 0.1) is 13.1 Å². The van der Waals surface area contributed by atoms with E-state index in [0.29, 0.717) is 32.0 Å². The van der Waals surface area contributed by atoms with Gasteiger partial charge in [-0.1, -0.05) is 0 Å². The van der Waals surface area contributed by atoms with Gasteiger partial charge in [0.25, 0.3) is 0 Å². The van der Waals surface area contributed by atoms with E-state index in [-0.39, 0.29) is 4.75 Å². The van der Waals surface area contributed by atoms with Crippen molar-refractivity contribution >= 4 is 17.7 Å². The van der Waals surface area contributed by atoms with Crippen molar-refractivity contribution in [2.24, 2.45) is 4.99 Å². The van der Waals surface area contributed by atoms with Gasteiger partial charge in [0.2, 0.25) is 0 Å². The molecule has 0 radical (unpaired) electrons. The third kappa shape index (κ3) is 12.0. The smallest absolute Gasteiger partial charge is 0.357 e. The van der Waals surface area contributed by atoms with Crippen LogP contribution in [0, 0.1) is 0 Å². The number of rotatable bonds is 9. The Hall–Kier alpha value is -0.630. The van der Waals surface area contributed by atoms with Gasteiger partial charge in [-0.2, -0.15) is 24.9 Å². The Morgan fingerprint density at radius 1 is 1.23 bits per heavy atom. The zero-order chi connectivity index (χ0) is 17.2. The summed E-state index contributed by atoms with van der Waals surface area (Å²) in [5, 5.41) is 6.30. The minimum absolute atomic E-state index is 0.0648. The van der Waals surface area contributed by atoms with Crippen molar-refractivity contribution in [3.8, 4) is 0 Å². The summed E-state index contributed by atoms with van der Waals surface area (Å²) in [6, 6.07) is 0. The van der Waals surface area contributed by atoms with Gasteiger partial charge >= 0.3 is 6.18 Å². The van der Waals surface area contributed by atoms with Crippen LogP contribution in [0.25, 0.3) is 0 Å². The van der Waals surface area contributed by atoms with Crippen LogP contribution in [-0.4, -0.2) is 67.8 Å². The van der Waals surface area contributed by atoms with Crippen LogP contribution in [0.3, 0.4) is 0 Å². The van der Waals surface area contributed by atoms with Gasteiger partial charge in [0.15, 0.2) is 5.96 Å². The number of thioether (sulfide) groups is 1. The number of nitrogens with zero attached hydrogens (tertiary/aromatic N) is 2. The topological polar surface area (TPSA) is 39.7 Å². The molecule has 22 heavy (non-hydrogen) atoms. The lowest BCUT2D eigenvalue weighted by Crippen LogP contribution is -2.40. The van der Waals surface area contributed by atoms with Crippen LogP contribution in [0.15, 0.2) is 4.99 Å². The van der Waals surface area contributed by atoms with Gasteiger partial charge in [0, 0.05) is 17.8 Å². The molecule has 0 rings (SSSR count). The molecular weight excluding hydrogens is 313 g/mol. The molecule has 8 heteroatoms. The Morgan fingerprint density at radius 2 is 1.86 bits per heavy atom. The molecule has 0 aromatic heterocycles. The second-order valence-electron chi connectivity index (χ2n) is 5.79. The molecular formula is C14H29F3N4S. The van der Waals surface area contributed by atoms with E-state index in [2.05, 4.69) is 29.5 Å². The molecule has 0 saturated carbocycles. The van der Waals surface area contributed by atoms with Crippen molar-refractivity contribution in [1.82, 2.24) is 15.5 Å². The highest BCUT2D eigenvalue weighted by molar-refractivity contribution is 7.99. The van der Waals surface area contributed by atoms with Crippen LogP contribution >= 0.6 is 11.8 Å². The van der Waals surface area contributed by atoms with E-state index in [0.717, 1.165) is 6.54 Å². The van der Waals surface area contributed by atoms with Gasteiger partial charge in [-0.15, -0.1) is 0 Å². The SMILES string of the molecule is CCNC(=NCC(C)(C)SC)NCCCN(C)CC(F)(F)F. The number of alkyl halides is 3. The summed E-state index contributed by atoms with van der Waals surface area (Å²) in [4.78, 5) is 5.79. The average molecular weight is 342 g/mol. The lowest BCUT2D eigenvalue weighted by atomic mass is 10.2. The van der Waals surface area contributed by atoms with Crippen molar-refractivity contribution in [3.05, 3.63) is 0 Å². The Kier molecular flexibility index (Phi) is 9.91. The maximum Gasteiger partial charge on any atom is 0.401 e. The fourth-order valence-electron chi connectivity index (χ4n) is 1.62. The fourth-order valence-corrected chi connectivity index (χ4v) is 1.81. The summed E-state index contributed by atoms with van der Waals surface area (Å²) < 4.78 is 36.7. The first-order valence-electron chi connectivity index (χ1n) is 7.42. The molecule has 0 aromatic carbocycles. The molecule has 132 valence electrons. The summed E-state index contributed by atoms with van der Waals surface area (Å²) in [5.74, 6) is 0.711. The summed E-state index contributed by atoms with van der Waals surface area (Å²) >= 11 is 1.75. The second kappa shape index (κ2) is 10.2. The summed E-state index contributed by atoms with van der Waals surface area (Å²) in [5.41, 5.74) is 0. The lowest BCUT2D eigenvalue weighted by Gasteiger charge is -2.21. The summed E-state index contributed by atoms with van der Waals surface area (Å²) in [7, 11) is 1.48. The minimum atomic E-state index is -4.14. The normalized spacial score (nSPS) is 13.6. The molecule has 0 heterocycles. The molecule has 0 aromatic rings. The van der Waals surface area contributed by atoms with E-state index in [4.69, 9.17) is 0 Å². The summed E-state index contributed by atoms with van der Waals surface area (Å²) in [6.07, 6.45) is -1.46. The molecule has 0 atom stereocenters. The molecule has 0 amide bonds. The highest BCUT2D eigenvalue weighted by atomic mass is 32.2. The first kappa shape index (κ1) is 21.4. The molecule has 0 spiro atoms. The van der Waals surface area contributed by atoms with Crippen LogP contribution in [0.2, 0.25) is 0 Å². The minimum Gasteiger partial charge on any atom is -0.357 e. The molecule has 0 bridgehead atoms. The van der Waals surface area contributed by atoms with Crippen LogP contribution in [0.1, 0.15) is 27.2 Å². The van der Waals surface area contributed by atoms with Gasteiger partial charge in [-0.05, 0) is 47.0 Å². The van der Waals surface area contributed by atoms with Crippen molar-refractivity contribution in [2.75, 3.05) is 46.0 Å². The van der Waals surface area contributed by atoms with E-state index in [1.54, 1.807) is 11.8 Å². The number of halogens is 3. The van der Waals surface area contributed by atoms with Crippen LogP contribution in [-0.2, 0) is 0 Å². The molecule has 0 saturated heterocycles. The number of guanidine groups is 1. The zero-order valence-corrected chi connectivity index (χ0v) is 15.0. The molecule has 4 nitrogen and oxygen atoms in total. The molecule has 0 unspecified atom stereocenters. The number of hydrogen-bond acceptors (Lipinski definition) is 3. The molecule has 0 fully saturated rings. The average Bonchev–Trinajstić information content (AvgIpc) is 2.39. The predicted molar refractivity (Wildman–Crippen MR) is 89.7 cm³/mol. The van der Waals surface area contributed by atoms with E-state index >= 15 is 0 Å². The first-order chi connectivity index (χ1) is 10.1. The first-order valence-corrected chi connectivity index (χ1v) is 8.64. The number of nitrogens with one attached hydrogen (secondary N) is 2. The quantitative estimate of drug-likeness (QED) is 0.384. The molecule has 0 aliphatic carbocycles. The number of aliphatic imine (C=N–C) groups is 1. The van der Waals surface area contributed by atoms with E-state index < -0.39 is 12.7 Å². The summed E-state index contributed by atoms with van der Waals surface area (Å²) in [6.45, 7) is 7.76. The van der Waals surface area contributed by atoms with Crippen molar-refractivity contribution < 1.29 is 13.2 Å². The van der Waals surface area contributed by atoms with E-state index in [1.807, 2.05) is 13.2 Å². The van der Waals surface area contributed by atoms with Crippen molar-refractivity contribution in [1.29, 1.82) is 0 Å². The third-order valence-electron chi connectivity index (χ3n) is 2.97. The predicted octanol–water partition coefficient (Wildman–Crippen LogP) is 2.57. The maximum absolute atomic E-state index is 12.2. The maximum atomic E-state index is 12.2. The molecule has 0 aliphatic heterocycles. The van der Waals surface area contributed by atoms with Gasteiger partial charge in [-0.25, -0.2) is 0 Å². The van der Waals surface area contributed by atoms with Crippen molar-refractivity contribution in [3.63, 3.8) is 0 Å². The van der Waals surface area contributed by atoms with E-state index in [1.165, 1.54) is 11.9 Å². The van der Waals surface area contributed by atoms with Crippen LogP contribution in [0.4, 0.5) is 13.2 Å². The zero-order valence-electron chi connectivity index (χ0n) is 14.2. The second-order valence-corrected chi connectivity index (χ2v) is 7.31.